The average Bonchev–Trinajstić information content (AvgIpc) is 2.78. The molecule has 0 saturated carbocycles. The third-order valence-corrected chi connectivity index (χ3v) is 10.2. The van der Waals surface area contributed by atoms with Crippen LogP contribution >= 0.6 is 7.21 Å². The fourth-order valence-corrected chi connectivity index (χ4v) is 8.43. The van der Waals surface area contributed by atoms with Crippen molar-refractivity contribution in [2.24, 2.45) is 0 Å². The van der Waals surface area contributed by atoms with E-state index in [1.54, 1.807) is 0 Å². The number of rotatable bonds is 1. The number of hydrogen-bond acceptors (Lipinski definition) is 1. The Morgan fingerprint density at radius 1 is 0.960 bits per heavy atom. The Morgan fingerprint density at radius 2 is 1.40 bits per heavy atom. The van der Waals surface area contributed by atoms with Gasteiger partial charge in [-0.05, 0) is 14.1 Å². The van der Waals surface area contributed by atoms with Gasteiger partial charge >= 0.3 is 72.2 Å². The monoisotopic (exact) mass is 437 g/mol. The quantitative estimate of drug-likeness (QED) is 0.491. The predicted octanol–water partition coefficient (Wildman–Crippen LogP) is 0.149. The Labute approximate surface area is 179 Å². The Morgan fingerprint density at radius 3 is 1.72 bits per heavy atom. The van der Waals surface area contributed by atoms with Gasteiger partial charge in [0.25, 0.3) is 0 Å². The van der Waals surface area contributed by atoms with E-state index < -0.39 is 7.21 Å². The van der Waals surface area contributed by atoms with Crippen LogP contribution in [0.1, 0.15) is 56.9 Å². The van der Waals surface area contributed by atoms with Crippen molar-refractivity contribution in [1.82, 2.24) is 4.67 Å². The third-order valence-electron chi connectivity index (χ3n) is 4.34. The van der Waals surface area contributed by atoms with E-state index in [-0.39, 0.29) is 35.1 Å². The Hall–Kier alpha value is 0.444. The van der Waals surface area contributed by atoms with Crippen molar-refractivity contribution < 1.29 is 45.2 Å². The second-order valence-electron chi connectivity index (χ2n) is 8.29. The predicted molar refractivity (Wildman–Crippen MR) is 101 cm³/mol. The average molecular weight is 438 g/mol. The van der Waals surface area contributed by atoms with Gasteiger partial charge < -0.3 is 30.0 Å². The molecule has 2 rings (SSSR count). The van der Waals surface area contributed by atoms with Crippen LogP contribution in [0.25, 0.3) is 6.08 Å². The second kappa shape index (κ2) is 10.1. The first kappa shape index (κ1) is 27.7. The molecule has 1 N–H and O–H groups in total. The van der Waals surface area contributed by atoms with E-state index in [1.165, 1.54) is 11.1 Å². The van der Waals surface area contributed by atoms with E-state index >= 15 is 0 Å². The Bertz CT molecular complexity index is 599. The van der Waals surface area contributed by atoms with Crippen LogP contribution in [0.15, 0.2) is 30.3 Å². The molecule has 2 nitrogen and oxygen atoms in total. The number of nitrogens with one attached hydrogen (secondary N) is 1. The van der Waals surface area contributed by atoms with Gasteiger partial charge in [-0.15, -0.1) is 0 Å². The number of allylic oxidation sites excluding steroid dienone is 1. The van der Waals surface area contributed by atoms with Crippen molar-refractivity contribution in [3.63, 3.8) is 0 Å². The maximum absolute atomic E-state index is 8.72. The fraction of sp³-hybridized carbons (Fsp3) is 0.579. The second-order valence-corrected chi connectivity index (χ2v) is 14.0. The van der Waals surface area contributed by atoms with Crippen molar-refractivity contribution in [2.45, 2.75) is 56.1 Å². The summed E-state index contributed by atoms with van der Waals surface area (Å²) in [5, 5.41) is 8.84. The topological polar surface area (TPSA) is 27.1 Å². The summed E-state index contributed by atoms with van der Waals surface area (Å²) in [4.78, 5) is 0. The first-order chi connectivity index (χ1) is 10.3. The van der Waals surface area contributed by atoms with Crippen LogP contribution in [0, 0.1) is 5.16 Å². The van der Waals surface area contributed by atoms with Gasteiger partial charge in [-0.3, -0.25) is 4.67 Å². The van der Waals surface area contributed by atoms with E-state index in [2.05, 4.69) is 103 Å². The number of fused-ring (bicyclic) bond motifs is 1. The molecule has 0 spiro atoms. The summed E-state index contributed by atoms with van der Waals surface area (Å²) in [5.74, 6) is 0. The molecule has 1 aliphatic rings. The van der Waals surface area contributed by atoms with Crippen molar-refractivity contribution in [3.05, 3.63) is 41.5 Å². The van der Waals surface area contributed by atoms with Gasteiger partial charge in [-0.1, -0.05) is 41.5 Å². The van der Waals surface area contributed by atoms with Gasteiger partial charge in [0.2, 0.25) is 0 Å². The first-order valence-corrected chi connectivity index (χ1v) is 10.8. The van der Waals surface area contributed by atoms with E-state index in [4.69, 9.17) is 5.16 Å². The zero-order valence-electron chi connectivity index (χ0n) is 16.7. The fourth-order valence-electron chi connectivity index (χ4n) is 3.46. The van der Waals surface area contributed by atoms with E-state index in [0.29, 0.717) is 4.22 Å². The van der Waals surface area contributed by atoms with E-state index in [0.717, 1.165) is 0 Å². The first-order valence-electron chi connectivity index (χ1n) is 8.13. The van der Waals surface area contributed by atoms with Crippen LogP contribution < -0.4 is 24.8 Å². The van der Waals surface area contributed by atoms with Crippen molar-refractivity contribution in [2.75, 3.05) is 14.1 Å². The summed E-state index contributed by atoms with van der Waals surface area (Å²) in [5.41, 5.74) is 2.84. The molecule has 1 unspecified atom stereocenters. The summed E-state index contributed by atoms with van der Waals surface area (Å²) in [6.45, 7) is 13.1. The summed E-state index contributed by atoms with van der Waals surface area (Å²) in [7, 11) is 2.25. The molecule has 1 atom stereocenters. The SMILES string of the molecule is CN(C)P(=N)(C(C)(C)C)C(C)(C)C.[Cl-].[Cl-].[Ti+2][CH]1C=Cc2ccccc21. The van der Waals surface area contributed by atoms with Crippen LogP contribution in [-0.4, -0.2) is 29.1 Å². The molecule has 6 heteroatoms. The maximum atomic E-state index is 8.72. The van der Waals surface area contributed by atoms with Crippen LogP contribution in [-0.2, 0) is 20.4 Å². The molecule has 0 saturated heterocycles. The van der Waals surface area contributed by atoms with Gasteiger partial charge in [0.15, 0.2) is 0 Å². The van der Waals surface area contributed by atoms with Crippen LogP contribution in [0.5, 0.6) is 0 Å². The van der Waals surface area contributed by atoms with Crippen molar-refractivity contribution >= 4 is 13.3 Å². The van der Waals surface area contributed by atoms with Gasteiger partial charge in [0.05, 0.1) is 0 Å². The summed E-state index contributed by atoms with van der Waals surface area (Å²) < 4.78 is 2.75. The minimum absolute atomic E-state index is 0. The molecule has 1 aromatic rings. The number of benzene rings is 1. The Kier molecular flexibility index (Phi) is 11.2. The van der Waals surface area contributed by atoms with Gasteiger partial charge in [0.1, 0.15) is 0 Å². The molecule has 0 heterocycles. The standard InChI is InChI=1S/C10H25N2P.C9H7.2ClH.Ti/c1-9(2,3)13(11,12(7)8)10(4,5)6;1-2-5-9-7-3-6-8(9)4-1;;;/h11H,1-8H3;1-7H;2*1H;/q;;;;+2/p-2. The third kappa shape index (κ3) is 6.23. The van der Waals surface area contributed by atoms with Gasteiger partial charge in [-0.25, -0.2) is 0 Å². The van der Waals surface area contributed by atoms with Crippen molar-refractivity contribution in [1.29, 1.82) is 5.16 Å². The summed E-state index contributed by atoms with van der Waals surface area (Å²) in [6, 6.07) is 8.54. The molecule has 0 radical (unpaired) electrons. The number of halogens is 2. The molecular formula is C19H32Cl2N2PTi. The zero-order valence-corrected chi connectivity index (χ0v) is 20.7. The van der Waals surface area contributed by atoms with Crippen LogP contribution in [0.2, 0.25) is 0 Å². The molecule has 141 valence electrons. The molecular weight excluding hydrogens is 406 g/mol. The molecule has 0 amide bonds. The number of nitrogens with zero attached hydrogens (tertiary/aromatic N) is 1. The molecule has 0 aliphatic heterocycles. The van der Waals surface area contributed by atoms with Crippen LogP contribution in [0.3, 0.4) is 0 Å². The number of hydrogen-bond donors (Lipinski definition) is 1. The molecule has 0 aromatic heterocycles. The van der Waals surface area contributed by atoms with Crippen LogP contribution in [0.4, 0.5) is 0 Å². The van der Waals surface area contributed by atoms with E-state index in [9.17, 15) is 0 Å². The summed E-state index contributed by atoms with van der Waals surface area (Å²) >= 11 is 2.22. The minimum atomic E-state index is -1.83. The summed E-state index contributed by atoms with van der Waals surface area (Å²) in [6.07, 6.45) is 4.44. The molecule has 1 aliphatic carbocycles. The van der Waals surface area contributed by atoms with Crippen molar-refractivity contribution in [3.8, 4) is 0 Å². The normalized spacial score (nSPS) is 16.4. The van der Waals surface area contributed by atoms with Gasteiger partial charge in [0, 0.05) is 17.5 Å². The zero-order chi connectivity index (χ0) is 18.1. The van der Waals surface area contributed by atoms with Gasteiger partial charge in [-0.2, -0.15) is 0 Å². The van der Waals surface area contributed by atoms with E-state index in [1.807, 2.05) is 14.1 Å². The Balaban J connectivity index is 0. The molecule has 0 bridgehead atoms. The molecule has 25 heavy (non-hydrogen) atoms. The molecule has 0 fully saturated rings. The molecule has 1 aromatic carbocycles.